The lowest BCUT2D eigenvalue weighted by atomic mass is 9.65. The molecule has 20 heavy (non-hydrogen) atoms. The van der Waals surface area contributed by atoms with Crippen LogP contribution in [0.5, 0.6) is 0 Å². The zero-order chi connectivity index (χ0) is 15.7. The molecule has 1 aliphatic rings. The first kappa shape index (κ1) is 17.8. The monoisotopic (exact) mass is 332 g/mol. The van der Waals surface area contributed by atoms with E-state index in [4.69, 9.17) is 17.8 Å². The molecule has 120 valence electrons. The van der Waals surface area contributed by atoms with Gasteiger partial charge in [-0.05, 0) is 0 Å². The van der Waals surface area contributed by atoms with Crippen molar-refractivity contribution in [2.24, 2.45) is 5.41 Å². The van der Waals surface area contributed by atoms with Gasteiger partial charge in [0.25, 0.3) is 20.2 Å². The fourth-order valence-corrected chi connectivity index (χ4v) is 3.10. The first-order valence-electron chi connectivity index (χ1n) is 5.74. The van der Waals surface area contributed by atoms with E-state index in [0.717, 1.165) is 12.5 Å². The first-order valence-corrected chi connectivity index (χ1v) is 9.37. The van der Waals surface area contributed by atoms with Gasteiger partial charge in [0.05, 0.1) is 25.7 Å². The SMILES string of the molecule is COC1(OC)CC(COS(C)(=O)=O)(COS(C)(=O)=O)C1. The normalized spacial score (nSPS) is 21.4. The molecule has 0 amide bonds. The Kier molecular flexibility index (Phi) is 5.21. The highest BCUT2D eigenvalue weighted by Gasteiger charge is 2.57. The van der Waals surface area contributed by atoms with Crippen LogP contribution in [-0.2, 0) is 38.1 Å². The number of ether oxygens (including phenoxy) is 2. The Balaban J connectivity index is 2.77. The zero-order valence-electron chi connectivity index (χ0n) is 11.9. The molecule has 0 atom stereocenters. The molecular weight excluding hydrogens is 312 g/mol. The minimum absolute atomic E-state index is 0.185. The molecule has 1 aliphatic carbocycles. The summed E-state index contributed by atoms with van der Waals surface area (Å²) in [5.41, 5.74) is -0.780. The summed E-state index contributed by atoms with van der Waals surface area (Å²) in [7, 11) is -4.33. The van der Waals surface area contributed by atoms with Crippen LogP contribution in [0.2, 0.25) is 0 Å². The van der Waals surface area contributed by atoms with Gasteiger partial charge in [-0.1, -0.05) is 0 Å². The quantitative estimate of drug-likeness (QED) is 0.441. The summed E-state index contributed by atoms with van der Waals surface area (Å²) in [5, 5.41) is 0. The van der Waals surface area contributed by atoms with E-state index in [2.05, 4.69) is 0 Å². The van der Waals surface area contributed by atoms with Crippen molar-refractivity contribution in [2.45, 2.75) is 18.6 Å². The molecule has 0 bridgehead atoms. The van der Waals surface area contributed by atoms with Gasteiger partial charge >= 0.3 is 0 Å². The van der Waals surface area contributed by atoms with Crippen LogP contribution < -0.4 is 0 Å². The van der Waals surface area contributed by atoms with E-state index in [1.807, 2.05) is 0 Å². The van der Waals surface area contributed by atoms with E-state index in [1.54, 1.807) is 0 Å². The summed E-state index contributed by atoms with van der Waals surface area (Å²) in [6.45, 7) is -0.369. The van der Waals surface area contributed by atoms with Crippen molar-refractivity contribution in [3.63, 3.8) is 0 Å². The van der Waals surface area contributed by atoms with Gasteiger partial charge in [-0.2, -0.15) is 16.8 Å². The minimum atomic E-state index is -3.62. The first-order chi connectivity index (χ1) is 8.95. The summed E-state index contributed by atoms with van der Waals surface area (Å²) in [6, 6.07) is 0. The van der Waals surface area contributed by atoms with Crippen molar-refractivity contribution in [3.8, 4) is 0 Å². The number of hydrogen-bond acceptors (Lipinski definition) is 8. The molecule has 0 N–H and O–H groups in total. The Morgan fingerprint density at radius 1 is 0.850 bits per heavy atom. The van der Waals surface area contributed by atoms with Crippen LogP contribution in [0.4, 0.5) is 0 Å². The predicted octanol–water partition coefficient (Wildman–Crippen LogP) is -0.292. The molecule has 1 rings (SSSR count). The molecule has 10 heteroatoms. The fraction of sp³-hybridized carbons (Fsp3) is 1.00. The number of hydrogen-bond donors (Lipinski definition) is 0. The highest BCUT2D eigenvalue weighted by Crippen LogP contribution is 2.51. The maximum absolute atomic E-state index is 11.1. The maximum Gasteiger partial charge on any atom is 0.264 e. The predicted molar refractivity (Wildman–Crippen MR) is 70.0 cm³/mol. The van der Waals surface area contributed by atoms with Crippen molar-refractivity contribution in [1.29, 1.82) is 0 Å². The molecule has 1 saturated carbocycles. The van der Waals surface area contributed by atoms with Crippen molar-refractivity contribution in [1.82, 2.24) is 0 Å². The van der Waals surface area contributed by atoms with Crippen LogP contribution in [0.15, 0.2) is 0 Å². The van der Waals surface area contributed by atoms with Crippen LogP contribution in [0.3, 0.4) is 0 Å². The second-order valence-corrected chi connectivity index (χ2v) is 8.39. The summed E-state index contributed by atoms with van der Waals surface area (Å²) < 4.78 is 64.3. The van der Waals surface area contributed by atoms with Gasteiger partial charge in [-0.15, -0.1) is 0 Å². The van der Waals surface area contributed by atoms with Crippen LogP contribution in [0, 0.1) is 5.41 Å². The van der Waals surface area contributed by atoms with Crippen LogP contribution in [-0.4, -0.2) is 62.6 Å². The van der Waals surface area contributed by atoms with E-state index < -0.39 is 31.4 Å². The number of rotatable bonds is 8. The highest BCUT2D eigenvalue weighted by molar-refractivity contribution is 7.86. The maximum atomic E-state index is 11.1. The molecule has 8 nitrogen and oxygen atoms in total. The second kappa shape index (κ2) is 5.85. The minimum Gasteiger partial charge on any atom is -0.353 e. The lowest BCUT2D eigenvalue weighted by molar-refractivity contribution is -0.305. The molecule has 0 aliphatic heterocycles. The summed E-state index contributed by atoms with van der Waals surface area (Å²) in [6.07, 6.45) is 2.41. The fourth-order valence-electron chi connectivity index (χ4n) is 2.17. The van der Waals surface area contributed by atoms with Crippen LogP contribution >= 0.6 is 0 Å². The van der Waals surface area contributed by atoms with Crippen molar-refractivity contribution < 1.29 is 34.7 Å². The average Bonchev–Trinajstić information content (AvgIpc) is 2.25. The molecule has 0 aromatic carbocycles. The van der Waals surface area contributed by atoms with Gasteiger partial charge in [0.15, 0.2) is 5.79 Å². The zero-order valence-corrected chi connectivity index (χ0v) is 13.5. The molecule has 0 spiro atoms. The van der Waals surface area contributed by atoms with Gasteiger partial charge in [0.2, 0.25) is 0 Å². The summed E-state index contributed by atoms with van der Waals surface area (Å²) in [4.78, 5) is 0. The summed E-state index contributed by atoms with van der Waals surface area (Å²) >= 11 is 0. The molecule has 0 heterocycles. The Morgan fingerprint density at radius 2 is 1.20 bits per heavy atom. The van der Waals surface area contributed by atoms with Gasteiger partial charge in [0, 0.05) is 32.5 Å². The van der Waals surface area contributed by atoms with Gasteiger partial charge in [-0.3, -0.25) is 8.37 Å². The molecule has 0 unspecified atom stereocenters. The third-order valence-electron chi connectivity index (χ3n) is 3.19. The van der Waals surface area contributed by atoms with E-state index in [9.17, 15) is 16.8 Å². The second-order valence-electron chi connectivity index (χ2n) is 5.11. The molecule has 0 aromatic heterocycles. The summed E-state index contributed by atoms with van der Waals surface area (Å²) in [5.74, 6) is -0.859. The number of methoxy groups -OCH3 is 2. The van der Waals surface area contributed by atoms with E-state index in [0.29, 0.717) is 0 Å². The molecule has 1 fully saturated rings. The Bertz CT molecular complexity index is 486. The third-order valence-corrected chi connectivity index (χ3v) is 4.28. The Morgan fingerprint density at radius 3 is 1.45 bits per heavy atom. The third kappa shape index (κ3) is 4.93. The van der Waals surface area contributed by atoms with E-state index >= 15 is 0 Å². The average molecular weight is 332 g/mol. The standard InChI is InChI=1S/C10H20O8S2/c1-15-10(16-2)5-9(6-10,7-17-19(3,11)12)8-18-20(4,13)14/h5-8H2,1-4H3. The van der Waals surface area contributed by atoms with Gasteiger partial charge in [0.1, 0.15) is 0 Å². The topological polar surface area (TPSA) is 105 Å². The van der Waals surface area contributed by atoms with Crippen molar-refractivity contribution >= 4 is 20.2 Å². The van der Waals surface area contributed by atoms with Crippen molar-refractivity contribution in [3.05, 3.63) is 0 Å². The van der Waals surface area contributed by atoms with Crippen molar-refractivity contribution in [2.75, 3.05) is 39.9 Å². The van der Waals surface area contributed by atoms with Gasteiger partial charge < -0.3 is 9.47 Å². The lowest BCUT2D eigenvalue weighted by Gasteiger charge is -2.53. The van der Waals surface area contributed by atoms with Crippen LogP contribution in [0.1, 0.15) is 12.8 Å². The van der Waals surface area contributed by atoms with E-state index in [-0.39, 0.29) is 26.1 Å². The smallest absolute Gasteiger partial charge is 0.264 e. The Hall–Kier alpha value is -0.260. The molecule has 0 aromatic rings. The Labute approximate surface area is 119 Å². The highest BCUT2D eigenvalue weighted by atomic mass is 32.2. The molecular formula is C10H20O8S2. The largest absolute Gasteiger partial charge is 0.353 e. The van der Waals surface area contributed by atoms with Gasteiger partial charge in [-0.25, -0.2) is 0 Å². The molecule has 0 radical (unpaired) electrons. The van der Waals surface area contributed by atoms with E-state index in [1.165, 1.54) is 14.2 Å². The molecule has 0 saturated heterocycles. The van der Waals surface area contributed by atoms with Crippen LogP contribution in [0.25, 0.3) is 0 Å². The lowest BCUT2D eigenvalue weighted by Crippen LogP contribution is -2.58.